The molecule has 1 aliphatic rings. The molecule has 1 atom stereocenters. The Labute approximate surface area is 147 Å². The first-order chi connectivity index (χ1) is 12.1. The van der Waals surface area contributed by atoms with Gasteiger partial charge in [-0.3, -0.25) is 14.6 Å². The number of rotatable bonds is 5. The van der Waals surface area contributed by atoms with E-state index in [1.807, 2.05) is 37.3 Å². The van der Waals surface area contributed by atoms with Gasteiger partial charge in [-0.1, -0.05) is 36.4 Å². The van der Waals surface area contributed by atoms with Gasteiger partial charge in [-0.2, -0.15) is 0 Å². The average molecular weight is 338 g/mol. The number of ether oxygens (including phenoxy) is 1. The summed E-state index contributed by atoms with van der Waals surface area (Å²) in [5.41, 5.74) is 2.48. The molecule has 0 aliphatic carbocycles. The fourth-order valence-corrected chi connectivity index (χ4v) is 2.99. The van der Waals surface area contributed by atoms with Crippen molar-refractivity contribution in [1.82, 2.24) is 9.88 Å². The lowest BCUT2D eigenvalue weighted by molar-refractivity contribution is -0.138. The molecule has 1 aromatic carbocycles. The van der Waals surface area contributed by atoms with Crippen molar-refractivity contribution >= 4 is 11.7 Å². The summed E-state index contributed by atoms with van der Waals surface area (Å²) in [6.07, 6.45) is 2.31. The van der Waals surface area contributed by atoms with E-state index in [1.165, 1.54) is 0 Å². The molecule has 25 heavy (non-hydrogen) atoms. The number of amides is 1. The molecule has 0 radical (unpaired) electrons. The molecular weight excluding hydrogens is 316 g/mol. The summed E-state index contributed by atoms with van der Waals surface area (Å²) < 4.78 is 5.51. The van der Waals surface area contributed by atoms with Gasteiger partial charge in [0, 0.05) is 30.4 Å². The highest BCUT2D eigenvalue weighted by Gasteiger charge is 2.29. The first-order valence-corrected chi connectivity index (χ1v) is 8.50. The molecule has 1 saturated heterocycles. The number of carbonyl (C=O) groups excluding carboxylic acids is 2. The summed E-state index contributed by atoms with van der Waals surface area (Å²) in [5.74, 6) is 0.0470. The molecule has 130 valence electrons. The van der Waals surface area contributed by atoms with Crippen LogP contribution in [0, 0.1) is 6.92 Å². The quantitative estimate of drug-likeness (QED) is 0.786. The molecule has 0 saturated carbocycles. The minimum atomic E-state index is -0.215. The number of carbonyl (C=O) groups is 2. The average Bonchev–Trinajstić information content (AvgIpc) is 2.64. The van der Waals surface area contributed by atoms with Crippen LogP contribution in [0.15, 0.2) is 48.7 Å². The van der Waals surface area contributed by atoms with Gasteiger partial charge in [0.15, 0.2) is 5.78 Å². The highest BCUT2D eigenvalue weighted by molar-refractivity contribution is 5.96. The number of benzene rings is 1. The van der Waals surface area contributed by atoms with Gasteiger partial charge < -0.3 is 9.64 Å². The van der Waals surface area contributed by atoms with Gasteiger partial charge >= 0.3 is 0 Å². The van der Waals surface area contributed by atoms with Gasteiger partial charge in [-0.15, -0.1) is 0 Å². The van der Waals surface area contributed by atoms with E-state index in [0.29, 0.717) is 31.7 Å². The molecular formula is C20H22N2O3. The lowest BCUT2D eigenvalue weighted by atomic mass is 10.0. The number of pyridine rings is 1. The van der Waals surface area contributed by atoms with Crippen LogP contribution in [-0.4, -0.2) is 47.4 Å². The van der Waals surface area contributed by atoms with Gasteiger partial charge in [-0.25, -0.2) is 0 Å². The zero-order valence-electron chi connectivity index (χ0n) is 14.4. The summed E-state index contributed by atoms with van der Waals surface area (Å²) >= 11 is 0. The van der Waals surface area contributed by atoms with Crippen LogP contribution in [0.2, 0.25) is 0 Å². The van der Waals surface area contributed by atoms with E-state index in [0.717, 1.165) is 11.3 Å². The van der Waals surface area contributed by atoms with E-state index in [9.17, 15) is 9.59 Å². The molecule has 2 heterocycles. The molecule has 0 spiro atoms. The fraction of sp³-hybridized carbons (Fsp3) is 0.350. The number of ketones is 1. The minimum absolute atomic E-state index is 0.0137. The second-order valence-electron chi connectivity index (χ2n) is 6.29. The molecule has 5 heteroatoms. The van der Waals surface area contributed by atoms with Gasteiger partial charge in [0.2, 0.25) is 5.91 Å². The van der Waals surface area contributed by atoms with Crippen molar-refractivity contribution in [2.24, 2.45) is 0 Å². The van der Waals surface area contributed by atoms with Crippen LogP contribution in [0.5, 0.6) is 0 Å². The lowest BCUT2D eigenvalue weighted by Crippen LogP contribution is -2.50. The van der Waals surface area contributed by atoms with E-state index in [2.05, 4.69) is 4.98 Å². The van der Waals surface area contributed by atoms with Crippen molar-refractivity contribution in [1.29, 1.82) is 0 Å². The third-order valence-corrected chi connectivity index (χ3v) is 4.39. The van der Waals surface area contributed by atoms with Gasteiger partial charge in [0.05, 0.1) is 25.7 Å². The molecule has 3 rings (SSSR count). The predicted molar refractivity (Wildman–Crippen MR) is 94.4 cm³/mol. The number of aryl methyl sites for hydroxylation is 1. The third-order valence-electron chi connectivity index (χ3n) is 4.39. The Bertz CT molecular complexity index is 728. The fourth-order valence-electron chi connectivity index (χ4n) is 2.99. The number of nitrogens with zero attached hydrogens (tertiary/aromatic N) is 2. The zero-order chi connectivity index (χ0) is 17.6. The minimum Gasteiger partial charge on any atom is -0.377 e. The zero-order valence-corrected chi connectivity index (χ0v) is 14.4. The molecule has 1 fully saturated rings. The van der Waals surface area contributed by atoms with Crippen molar-refractivity contribution in [2.75, 3.05) is 19.8 Å². The Morgan fingerprint density at radius 1 is 1.20 bits per heavy atom. The van der Waals surface area contributed by atoms with Crippen molar-refractivity contribution in [3.8, 4) is 0 Å². The maximum Gasteiger partial charge on any atom is 0.227 e. The maximum atomic E-state index is 12.7. The number of hydrogen-bond donors (Lipinski definition) is 0. The van der Waals surface area contributed by atoms with Crippen molar-refractivity contribution in [3.05, 3.63) is 65.5 Å². The van der Waals surface area contributed by atoms with Crippen LogP contribution in [0.25, 0.3) is 0 Å². The van der Waals surface area contributed by atoms with Crippen LogP contribution in [0.3, 0.4) is 0 Å². The highest BCUT2D eigenvalue weighted by atomic mass is 16.5. The second kappa shape index (κ2) is 8.03. The number of hydrogen-bond acceptors (Lipinski definition) is 4. The van der Waals surface area contributed by atoms with Gasteiger partial charge in [-0.05, 0) is 18.6 Å². The van der Waals surface area contributed by atoms with E-state index in [-0.39, 0.29) is 24.2 Å². The van der Waals surface area contributed by atoms with Crippen LogP contribution in [-0.2, 0) is 16.0 Å². The summed E-state index contributed by atoms with van der Waals surface area (Å²) in [7, 11) is 0. The Morgan fingerprint density at radius 3 is 2.72 bits per heavy atom. The standard InChI is InChI=1S/C20H22N2O3/c1-15-7-8-16(13-21-15)11-20(24)22-9-10-25-14-18(22)12-19(23)17-5-3-2-4-6-17/h2-8,13,18H,9-12,14H2,1H3. The number of Topliss-reactive ketones (excluding diaryl/α,β-unsaturated/α-hetero) is 1. The smallest absolute Gasteiger partial charge is 0.227 e. The Balaban J connectivity index is 1.66. The van der Waals surface area contributed by atoms with Crippen molar-refractivity contribution in [2.45, 2.75) is 25.8 Å². The lowest BCUT2D eigenvalue weighted by Gasteiger charge is -2.35. The van der Waals surface area contributed by atoms with Crippen molar-refractivity contribution in [3.63, 3.8) is 0 Å². The summed E-state index contributed by atoms with van der Waals surface area (Å²) in [4.78, 5) is 31.2. The van der Waals surface area contributed by atoms with Crippen LogP contribution in [0.4, 0.5) is 0 Å². The van der Waals surface area contributed by atoms with Crippen molar-refractivity contribution < 1.29 is 14.3 Å². The Morgan fingerprint density at radius 2 is 2.00 bits per heavy atom. The third kappa shape index (κ3) is 4.51. The summed E-state index contributed by atoms with van der Waals surface area (Å²) in [6, 6.07) is 12.8. The van der Waals surface area contributed by atoms with E-state index >= 15 is 0 Å². The molecule has 0 bridgehead atoms. The first kappa shape index (κ1) is 17.3. The molecule has 1 aliphatic heterocycles. The Kier molecular flexibility index (Phi) is 5.56. The van der Waals surface area contributed by atoms with Crippen LogP contribution < -0.4 is 0 Å². The SMILES string of the molecule is Cc1ccc(CC(=O)N2CCOCC2CC(=O)c2ccccc2)cn1. The van der Waals surface area contributed by atoms with Gasteiger partial charge in [0.1, 0.15) is 0 Å². The summed E-state index contributed by atoms with van der Waals surface area (Å²) in [5, 5.41) is 0. The largest absolute Gasteiger partial charge is 0.377 e. The second-order valence-corrected chi connectivity index (χ2v) is 6.29. The highest BCUT2D eigenvalue weighted by Crippen LogP contribution is 2.16. The van der Waals surface area contributed by atoms with Gasteiger partial charge in [0.25, 0.3) is 0 Å². The molecule has 1 unspecified atom stereocenters. The van der Waals surface area contributed by atoms with E-state index in [4.69, 9.17) is 4.74 Å². The molecule has 1 aromatic heterocycles. The normalized spacial score (nSPS) is 17.3. The molecule has 0 N–H and O–H groups in total. The van der Waals surface area contributed by atoms with Crippen LogP contribution >= 0.6 is 0 Å². The monoisotopic (exact) mass is 338 g/mol. The molecule has 1 amide bonds. The number of aromatic nitrogens is 1. The molecule has 5 nitrogen and oxygen atoms in total. The van der Waals surface area contributed by atoms with E-state index < -0.39 is 0 Å². The maximum absolute atomic E-state index is 12.7. The first-order valence-electron chi connectivity index (χ1n) is 8.50. The van der Waals surface area contributed by atoms with E-state index in [1.54, 1.807) is 23.2 Å². The van der Waals surface area contributed by atoms with Crippen LogP contribution in [0.1, 0.15) is 28.0 Å². The summed E-state index contributed by atoms with van der Waals surface area (Å²) in [6.45, 7) is 3.34. The predicted octanol–water partition coefficient (Wildman–Crippen LogP) is 2.43. The topological polar surface area (TPSA) is 59.5 Å². The number of morpholine rings is 1. The Hall–Kier alpha value is -2.53. The molecule has 2 aromatic rings.